The van der Waals surface area contributed by atoms with Crippen molar-refractivity contribution in [3.05, 3.63) is 70.9 Å². The van der Waals surface area contributed by atoms with E-state index in [-0.39, 0.29) is 12.0 Å². The van der Waals surface area contributed by atoms with Gasteiger partial charge in [-0.2, -0.15) is 0 Å². The lowest BCUT2D eigenvalue weighted by molar-refractivity contribution is -0.252. The number of anilines is 1. The minimum absolute atomic E-state index is 0.0861. The summed E-state index contributed by atoms with van der Waals surface area (Å²) in [5.74, 6) is -1.16. The molecule has 6 heterocycles. The summed E-state index contributed by atoms with van der Waals surface area (Å²) in [6.45, 7) is 11.0. The molecule has 1 saturated carbocycles. The molecule has 3 aromatic rings. The van der Waals surface area contributed by atoms with E-state index >= 15 is 4.79 Å². The zero-order chi connectivity index (χ0) is 43.5. The molecule has 1 spiro atoms. The van der Waals surface area contributed by atoms with Gasteiger partial charge in [-0.05, 0) is 81.2 Å². The van der Waals surface area contributed by atoms with E-state index in [9.17, 15) is 14.7 Å². The van der Waals surface area contributed by atoms with Crippen molar-refractivity contribution in [2.75, 3.05) is 73.1 Å². The average Bonchev–Trinajstić information content (AvgIpc) is 3.91. The fraction of sp³-hybridized carbons (Fsp3) is 0.604. The number of likely N-dealkylation sites (N-methyl/N-ethyl adjacent to an activating group) is 1. The summed E-state index contributed by atoms with van der Waals surface area (Å²) < 4.78 is 31.3. The summed E-state index contributed by atoms with van der Waals surface area (Å²) in [7, 11) is 7.94. The summed E-state index contributed by atoms with van der Waals surface area (Å²) in [5.41, 5.74) is -1.90. The van der Waals surface area contributed by atoms with Crippen LogP contribution >= 0.6 is 0 Å². The molecule has 2 N–H and O–H groups in total. The Morgan fingerprint density at radius 2 is 1.72 bits per heavy atom. The number of esters is 3. The average molecular weight is 839 g/mol. The maximum absolute atomic E-state index is 15.5. The lowest BCUT2D eigenvalue weighted by atomic mass is 9.42. The van der Waals surface area contributed by atoms with Crippen molar-refractivity contribution >= 4 is 34.5 Å². The van der Waals surface area contributed by atoms with Gasteiger partial charge in [0.25, 0.3) is 0 Å². The number of nitrogens with one attached hydrogen (secondary N) is 1. The molecule has 9 rings (SSSR count). The number of carbonyl (C=O) groups excluding carboxylic acids is 3. The maximum atomic E-state index is 15.5. The molecule has 2 aromatic carbocycles. The third-order valence-electron chi connectivity index (χ3n) is 16.8. The van der Waals surface area contributed by atoms with Gasteiger partial charge in [0.2, 0.25) is 5.60 Å². The number of aromatic amines is 1. The van der Waals surface area contributed by atoms with Crippen LogP contribution in [0.1, 0.15) is 82.2 Å². The van der Waals surface area contributed by atoms with Crippen LogP contribution < -0.4 is 9.64 Å². The van der Waals surface area contributed by atoms with Gasteiger partial charge in [0.05, 0.1) is 32.5 Å². The van der Waals surface area contributed by atoms with E-state index in [1.165, 1.54) is 28.3 Å². The number of rotatable bonds is 8. The maximum Gasteiger partial charge on any atom is 0.344 e. The summed E-state index contributed by atoms with van der Waals surface area (Å²) in [5, 5.41) is 13.1. The number of para-hydroxylation sites is 1. The van der Waals surface area contributed by atoms with Crippen LogP contribution in [0.3, 0.4) is 0 Å². The minimum Gasteiger partial charge on any atom is -0.496 e. The largest absolute Gasteiger partial charge is 0.496 e. The van der Waals surface area contributed by atoms with Crippen molar-refractivity contribution in [2.45, 2.75) is 106 Å². The van der Waals surface area contributed by atoms with Gasteiger partial charge in [-0.1, -0.05) is 44.2 Å². The van der Waals surface area contributed by atoms with Gasteiger partial charge < -0.3 is 38.7 Å². The molecule has 3 fully saturated rings. The summed E-state index contributed by atoms with van der Waals surface area (Å²) in [4.78, 5) is 54.4. The molecule has 6 aliphatic rings. The van der Waals surface area contributed by atoms with Crippen molar-refractivity contribution in [3.8, 4) is 5.75 Å². The minimum atomic E-state index is -1.82. The van der Waals surface area contributed by atoms with Crippen LogP contribution in [0.4, 0.5) is 5.69 Å². The Kier molecular flexibility index (Phi) is 9.82. The molecule has 1 unspecified atom stereocenters. The van der Waals surface area contributed by atoms with Crippen molar-refractivity contribution < 1.29 is 43.2 Å². The van der Waals surface area contributed by atoms with E-state index in [4.69, 9.17) is 23.7 Å². The Morgan fingerprint density at radius 3 is 2.39 bits per heavy atom. The first-order chi connectivity index (χ1) is 29.2. The Hall–Kier alpha value is -4.43. The molecule has 328 valence electrons. The highest BCUT2D eigenvalue weighted by molar-refractivity contribution is 5.95. The third-order valence-corrected chi connectivity index (χ3v) is 16.8. The molecule has 13 nitrogen and oxygen atoms in total. The van der Waals surface area contributed by atoms with Crippen molar-refractivity contribution in [1.82, 2.24) is 14.8 Å². The SMILES string of the molecule is CC[C@]1(O)C[C@@H]2CN(CCc3c([nH]c4ccccc34)[C@@](C(=O)OC)(c3cc4c(cc3OC)N(C)[C@@]3(C)[C@@](OC)(C(=O)OC)[C@H](OC(C)=O)[C@]5(CC)C=CCN6CC[C@]43[C@@H]65)C2)C1. The van der Waals surface area contributed by atoms with Crippen LogP contribution in [0, 0.1) is 11.3 Å². The van der Waals surface area contributed by atoms with E-state index < -0.39 is 57.0 Å². The lowest BCUT2D eigenvalue weighted by Crippen LogP contribution is -2.87. The molecular formula is C48H62N4O9. The van der Waals surface area contributed by atoms with Crippen LogP contribution in [0.2, 0.25) is 0 Å². The molecular weight excluding hydrogens is 777 g/mol. The molecule has 1 aromatic heterocycles. The van der Waals surface area contributed by atoms with Gasteiger partial charge in [-0.3, -0.25) is 19.4 Å². The van der Waals surface area contributed by atoms with Crippen molar-refractivity contribution in [3.63, 3.8) is 0 Å². The highest BCUT2D eigenvalue weighted by atomic mass is 16.6. The van der Waals surface area contributed by atoms with Gasteiger partial charge in [-0.25, -0.2) is 4.79 Å². The first kappa shape index (κ1) is 41.9. The van der Waals surface area contributed by atoms with Gasteiger partial charge in [0.1, 0.15) is 11.2 Å². The Labute approximate surface area is 358 Å². The Balaban J connectivity index is 1.39. The quantitative estimate of drug-likeness (QED) is 0.179. The van der Waals surface area contributed by atoms with Crippen LogP contribution in [-0.2, 0) is 50.6 Å². The molecule has 61 heavy (non-hydrogen) atoms. The monoisotopic (exact) mass is 838 g/mol. The van der Waals surface area contributed by atoms with Crippen LogP contribution in [0.5, 0.6) is 5.75 Å². The molecule has 13 heteroatoms. The molecule has 2 bridgehead atoms. The van der Waals surface area contributed by atoms with Crippen LogP contribution in [0.25, 0.3) is 10.9 Å². The fourth-order valence-electron chi connectivity index (χ4n) is 14.3. The number of hydrogen-bond donors (Lipinski definition) is 2. The number of aromatic nitrogens is 1. The molecule has 0 amide bonds. The lowest BCUT2D eigenvalue weighted by Gasteiger charge is -2.68. The zero-order valence-electron chi connectivity index (χ0n) is 37.2. The normalized spacial score (nSPS) is 37.4. The van der Waals surface area contributed by atoms with E-state index in [1.807, 2.05) is 32.2 Å². The molecule has 5 aliphatic heterocycles. The second-order valence-corrected chi connectivity index (χ2v) is 18.9. The smallest absolute Gasteiger partial charge is 0.344 e. The number of nitrogens with zero attached hydrogens (tertiary/aromatic N) is 3. The van der Waals surface area contributed by atoms with E-state index in [0.717, 1.165) is 46.5 Å². The second kappa shape index (κ2) is 14.3. The summed E-state index contributed by atoms with van der Waals surface area (Å²) in [6, 6.07) is 12.1. The van der Waals surface area contributed by atoms with Crippen LogP contribution in [-0.4, -0.2) is 135 Å². The fourth-order valence-corrected chi connectivity index (χ4v) is 14.3. The van der Waals surface area contributed by atoms with E-state index in [2.05, 4.69) is 63.9 Å². The van der Waals surface area contributed by atoms with Crippen molar-refractivity contribution in [2.24, 2.45) is 11.3 Å². The number of aliphatic hydroxyl groups is 1. The number of methoxy groups -OCH3 is 4. The second-order valence-electron chi connectivity index (χ2n) is 18.9. The standard InChI is InChI=1S/C48H62N4O9/c1-10-44(56)25-30-26-46(41(54)58-7,38-32(17-21-51(27-30)28-44)31-15-12-13-16-35(31)49-38)34-23-33-36(24-37(34)57-6)50(5)43(4)47(33)19-22-52-20-14-18-45(11-2,39(47)52)40(61-29(3)53)48(43,60-9)42(55)59-8/h12-16,18,23-24,30,39-40,49,56H,10-11,17,19-22,25-28H2,1-9H3/t30-,39-,40+,43+,44-,45+,46-,47+,48-/m0/s1. The highest BCUT2D eigenvalue weighted by Gasteiger charge is 2.86. The molecule has 1 aliphatic carbocycles. The third kappa shape index (κ3) is 5.12. The number of piperidine rings is 1. The van der Waals surface area contributed by atoms with Crippen molar-refractivity contribution in [1.29, 1.82) is 0 Å². The Morgan fingerprint density at radius 1 is 0.967 bits per heavy atom. The molecule has 10 atom stereocenters. The number of hydrogen-bond acceptors (Lipinski definition) is 12. The van der Waals surface area contributed by atoms with Gasteiger partial charge in [-0.15, -0.1) is 0 Å². The first-order valence-corrected chi connectivity index (χ1v) is 22.0. The van der Waals surface area contributed by atoms with Gasteiger partial charge in [0, 0.05) is 98.0 Å². The predicted octanol–water partition coefficient (Wildman–Crippen LogP) is 5.04. The number of ether oxygens (including phenoxy) is 5. The number of carbonyl (C=O) groups is 3. The Bertz CT molecular complexity index is 2330. The van der Waals surface area contributed by atoms with Gasteiger partial charge >= 0.3 is 17.9 Å². The topological polar surface area (TPSA) is 143 Å². The highest BCUT2D eigenvalue weighted by Crippen LogP contribution is 2.73. The molecule has 2 saturated heterocycles. The summed E-state index contributed by atoms with van der Waals surface area (Å²) >= 11 is 0. The predicted molar refractivity (Wildman–Crippen MR) is 230 cm³/mol. The van der Waals surface area contributed by atoms with E-state index in [1.54, 1.807) is 7.11 Å². The number of H-pyrrole nitrogens is 1. The zero-order valence-corrected chi connectivity index (χ0v) is 37.2. The first-order valence-electron chi connectivity index (χ1n) is 22.0. The van der Waals surface area contributed by atoms with E-state index in [0.29, 0.717) is 69.5 Å². The van der Waals surface area contributed by atoms with Crippen LogP contribution in [0.15, 0.2) is 48.6 Å². The number of benzene rings is 2. The van der Waals surface area contributed by atoms with Gasteiger partial charge in [0.15, 0.2) is 6.10 Å². The molecule has 0 radical (unpaired) electrons. The number of fused-ring (bicyclic) bond motifs is 6. The summed E-state index contributed by atoms with van der Waals surface area (Å²) in [6.07, 6.45) is 6.52.